The third-order valence-electron chi connectivity index (χ3n) is 9.92. The maximum Gasteiger partial charge on any atom is 0.416 e. The molecule has 2 unspecified atom stereocenters. The van der Waals surface area contributed by atoms with Crippen molar-refractivity contribution >= 4 is 38.3 Å². The molecule has 284 valence electrons. The van der Waals surface area contributed by atoms with E-state index in [4.69, 9.17) is 28.3 Å². The Morgan fingerprint density at radius 1 is 1.00 bits per heavy atom. The van der Waals surface area contributed by atoms with E-state index in [0.717, 1.165) is 62.4 Å². The van der Waals surface area contributed by atoms with Gasteiger partial charge in [-0.3, -0.25) is 4.79 Å². The van der Waals surface area contributed by atoms with Gasteiger partial charge in [-0.1, -0.05) is 98.8 Å². The fourth-order valence-corrected chi connectivity index (χ4v) is 6.40. The average Bonchev–Trinajstić information content (AvgIpc) is 3.52. The van der Waals surface area contributed by atoms with E-state index in [1.165, 1.54) is 41.3 Å². The van der Waals surface area contributed by atoms with Gasteiger partial charge in [-0.15, -0.1) is 0 Å². The lowest BCUT2D eigenvalue weighted by Gasteiger charge is -2.32. The fourth-order valence-electron chi connectivity index (χ4n) is 5.93. The molecule has 2 atom stereocenters. The molecule has 2 fully saturated rings. The van der Waals surface area contributed by atoms with Gasteiger partial charge in [0.2, 0.25) is 0 Å². The van der Waals surface area contributed by atoms with E-state index in [2.05, 4.69) is 44.8 Å². The van der Waals surface area contributed by atoms with Gasteiger partial charge >= 0.3 is 6.18 Å². The third kappa shape index (κ3) is 15.2. The summed E-state index contributed by atoms with van der Waals surface area (Å²) in [4.78, 5) is 15.2. The highest BCUT2D eigenvalue weighted by molar-refractivity contribution is 7.17. The predicted octanol–water partition coefficient (Wildman–Crippen LogP) is 11.6. The Labute approximate surface area is 308 Å². The van der Waals surface area contributed by atoms with Crippen molar-refractivity contribution in [3.63, 3.8) is 0 Å². The van der Waals surface area contributed by atoms with Crippen molar-refractivity contribution in [2.45, 2.75) is 110 Å². The van der Waals surface area contributed by atoms with Crippen molar-refractivity contribution in [2.24, 2.45) is 17.3 Å². The zero-order valence-corrected chi connectivity index (χ0v) is 32.8. The molecule has 1 heterocycles. The van der Waals surface area contributed by atoms with Crippen LogP contribution in [-0.4, -0.2) is 48.7 Å². The molecule has 1 aliphatic heterocycles. The highest BCUT2D eigenvalue weighted by Gasteiger charge is 2.35. The second-order valence-corrected chi connectivity index (χ2v) is 16.0. The largest absolute Gasteiger partial charge is 0.416 e. The quantitative estimate of drug-likeness (QED) is 0.177. The molecule has 0 spiro atoms. The highest BCUT2D eigenvalue weighted by atomic mass is 35.5. The number of nitrogens with one attached hydrogen (secondary N) is 1. The van der Waals surface area contributed by atoms with Crippen molar-refractivity contribution < 1.29 is 31.9 Å². The van der Waals surface area contributed by atoms with E-state index in [-0.39, 0.29) is 12.5 Å². The van der Waals surface area contributed by atoms with Crippen LogP contribution in [0.2, 0.25) is 10.0 Å². The molecule has 0 aromatic heterocycles. The van der Waals surface area contributed by atoms with E-state index in [1.54, 1.807) is 18.2 Å². The first kappa shape index (κ1) is 44.7. The lowest BCUT2D eigenvalue weighted by atomic mass is 9.90. The van der Waals surface area contributed by atoms with Gasteiger partial charge in [-0.05, 0) is 105 Å². The summed E-state index contributed by atoms with van der Waals surface area (Å²) in [5.41, 5.74) is -5.21. The molecule has 1 saturated heterocycles. The number of aliphatic hydroxyl groups is 1. The Bertz CT molecular complexity index is 1290. The first-order valence-electron chi connectivity index (χ1n) is 17.8. The number of piperidine rings is 1. The van der Waals surface area contributed by atoms with Crippen LogP contribution in [0.3, 0.4) is 0 Å². The Morgan fingerprint density at radius 3 is 2.04 bits per heavy atom. The molecule has 2 aliphatic rings. The van der Waals surface area contributed by atoms with Crippen LogP contribution >= 0.6 is 32.4 Å². The van der Waals surface area contributed by atoms with Crippen molar-refractivity contribution in [2.75, 3.05) is 32.8 Å². The molecule has 4 nitrogen and oxygen atoms in total. The molecule has 2 N–H and O–H groups in total. The zero-order chi connectivity index (χ0) is 37.7. The van der Waals surface area contributed by atoms with Crippen LogP contribution in [0, 0.1) is 17.3 Å². The zero-order valence-electron chi connectivity index (χ0n) is 30.1. The summed E-state index contributed by atoms with van der Waals surface area (Å²) in [6.45, 7) is 14.2. The summed E-state index contributed by atoms with van der Waals surface area (Å²) in [7, 11) is 1.20. The van der Waals surface area contributed by atoms with Crippen molar-refractivity contribution in [3.05, 3.63) is 68.7 Å². The Morgan fingerprint density at radius 2 is 1.58 bits per heavy atom. The van der Waals surface area contributed by atoms with Gasteiger partial charge < -0.3 is 15.3 Å². The van der Waals surface area contributed by atoms with Gasteiger partial charge in [0.25, 0.3) is 11.6 Å². The first-order valence-corrected chi connectivity index (χ1v) is 19.1. The normalized spacial score (nSPS) is 17.4. The number of likely N-dealkylation sites (tertiary alicyclic amines) is 1. The van der Waals surface area contributed by atoms with Crippen LogP contribution in [0.4, 0.5) is 22.0 Å². The number of hydrogen-bond acceptors (Lipinski definition) is 3. The monoisotopic (exact) mass is 768 g/mol. The maximum atomic E-state index is 13.8. The molecule has 1 saturated carbocycles. The molecule has 12 heteroatoms. The van der Waals surface area contributed by atoms with E-state index in [0.29, 0.717) is 40.6 Å². The van der Waals surface area contributed by atoms with Crippen LogP contribution in [0.5, 0.6) is 0 Å². The van der Waals surface area contributed by atoms with Crippen LogP contribution in [0.15, 0.2) is 36.4 Å². The van der Waals surface area contributed by atoms with Crippen LogP contribution in [0.25, 0.3) is 0 Å². The number of amides is 1. The summed E-state index contributed by atoms with van der Waals surface area (Å²) in [5, 5.41) is 12.2. The Balaban J connectivity index is 0.000000557. The van der Waals surface area contributed by atoms with Crippen molar-refractivity contribution in [1.82, 2.24) is 10.2 Å². The number of benzene rings is 2. The van der Waals surface area contributed by atoms with Gasteiger partial charge in [0.15, 0.2) is 0 Å². The molecule has 2 aromatic carbocycles. The molecule has 0 bridgehead atoms. The van der Waals surface area contributed by atoms with E-state index >= 15 is 0 Å². The molecule has 1 aliphatic carbocycles. The number of aliphatic hydroxyl groups excluding tert-OH is 1. The van der Waals surface area contributed by atoms with E-state index in [9.17, 15) is 26.7 Å². The Hall–Kier alpha value is -1.51. The smallest absolute Gasteiger partial charge is 0.396 e. The standard InChI is InChI=1S/C26H30Cl2F5N2OP.C7H14O.C5H12/c1-2-16-5-8-35(9-6-16)10-7-18(17-3-4-22(27)23(28)13-17)15-34-24(36)19-11-20(25(29,30)31)14-21(12-19)26(32,33)37;1-7(6-8)4-2-3-5-7;1-4-5(2)3/h3-4,11-14,16,18H,2,5-10,15,37H2,1H3,(H,34,36);8H,2-6H2,1H3;5H,4H2,1-3H3. The topological polar surface area (TPSA) is 52.6 Å². The molecule has 4 rings (SSSR count). The van der Waals surface area contributed by atoms with Crippen molar-refractivity contribution in [3.8, 4) is 0 Å². The van der Waals surface area contributed by atoms with Crippen LogP contribution in [0.1, 0.15) is 125 Å². The average molecular weight is 770 g/mol. The fraction of sp³-hybridized carbons (Fsp3) is 0.658. The third-order valence-corrected chi connectivity index (χ3v) is 11.0. The van der Waals surface area contributed by atoms with Crippen LogP contribution < -0.4 is 5.32 Å². The maximum absolute atomic E-state index is 13.8. The minimum absolute atomic E-state index is 0.0884. The number of halogens is 7. The second-order valence-electron chi connectivity index (χ2n) is 14.5. The first-order chi connectivity index (χ1) is 23.3. The minimum Gasteiger partial charge on any atom is -0.396 e. The van der Waals surface area contributed by atoms with Gasteiger partial charge in [0, 0.05) is 30.2 Å². The van der Waals surface area contributed by atoms with Crippen LogP contribution in [-0.2, 0) is 11.8 Å². The molecule has 1 amide bonds. The Kier molecular flexibility index (Phi) is 18.4. The summed E-state index contributed by atoms with van der Waals surface area (Å²) in [5.74, 6) is 0.536. The number of carbonyl (C=O) groups excluding carboxylic acids is 1. The van der Waals surface area contributed by atoms with Gasteiger partial charge in [-0.25, -0.2) is 0 Å². The van der Waals surface area contributed by atoms with E-state index < -0.39 is 34.4 Å². The molecule has 50 heavy (non-hydrogen) atoms. The summed E-state index contributed by atoms with van der Waals surface area (Å²) >= 11 is 12.3. The van der Waals surface area contributed by atoms with E-state index in [1.807, 2.05) is 0 Å². The van der Waals surface area contributed by atoms with Gasteiger partial charge in [0.05, 0.1) is 15.6 Å². The summed E-state index contributed by atoms with van der Waals surface area (Å²) in [6, 6.07) is 6.88. The molecule has 2 aromatic rings. The lowest BCUT2D eigenvalue weighted by Crippen LogP contribution is -2.36. The number of hydrogen-bond donors (Lipinski definition) is 2. The minimum atomic E-state index is -4.88. The number of carbonyl (C=O) groups is 1. The SMILES string of the molecule is CC1(CO)CCCC1.CCC(C)C.CCC1CCN(CCC(CNC(=O)c2cc(C(F)(F)F)cc(C(F)(F)P)c2)c2ccc(Cl)c(Cl)c2)CC1. The number of rotatable bonds is 11. The lowest BCUT2D eigenvalue weighted by molar-refractivity contribution is -0.137. The number of alkyl halides is 5. The van der Waals surface area contributed by atoms with Crippen molar-refractivity contribution in [1.29, 1.82) is 0 Å². The molecular weight excluding hydrogens is 713 g/mol. The number of nitrogens with zero attached hydrogens (tertiary/aromatic N) is 1. The predicted molar refractivity (Wildman–Crippen MR) is 199 cm³/mol. The molecular formula is C38H56Cl2F5N2O2P. The second kappa shape index (κ2) is 20.7. The van der Waals surface area contributed by atoms with Gasteiger partial charge in [0.1, 0.15) is 0 Å². The highest BCUT2D eigenvalue weighted by Crippen LogP contribution is 2.39. The summed E-state index contributed by atoms with van der Waals surface area (Å²) in [6.07, 6.45) is 5.58. The molecule has 0 radical (unpaired) electrons. The van der Waals surface area contributed by atoms with Gasteiger partial charge in [-0.2, -0.15) is 22.0 Å². The summed E-state index contributed by atoms with van der Waals surface area (Å²) < 4.78 is 67.6.